The lowest BCUT2D eigenvalue weighted by Crippen LogP contribution is -2.22. The Morgan fingerprint density at radius 2 is 1.88 bits per heavy atom. The molecule has 3 aromatic heterocycles. The van der Waals surface area contributed by atoms with E-state index in [1.54, 1.807) is 36.5 Å². The first-order valence-corrected chi connectivity index (χ1v) is 13.3. The summed E-state index contributed by atoms with van der Waals surface area (Å²) in [5, 5.41) is 13.9. The number of aliphatic hydroxyl groups is 1. The topological polar surface area (TPSA) is 101 Å². The number of pyridine rings is 1. The average Bonchev–Trinajstić information content (AvgIpc) is 3.38. The quantitative estimate of drug-likeness (QED) is 0.245. The number of para-hydroxylation sites is 1. The van der Waals surface area contributed by atoms with Gasteiger partial charge in [0.1, 0.15) is 16.4 Å². The lowest BCUT2D eigenvalue weighted by atomic mass is 10.1. The summed E-state index contributed by atoms with van der Waals surface area (Å²) in [7, 11) is 0. The molecule has 9 heteroatoms. The second kappa shape index (κ2) is 10.4. The number of aryl methyl sites for hydroxylation is 2. The molecule has 2 N–H and O–H groups in total. The second-order valence-corrected chi connectivity index (χ2v) is 10.3. The van der Waals surface area contributed by atoms with Gasteiger partial charge in [0, 0.05) is 22.7 Å². The number of carbonyl (C=O) groups excluding carboxylic acids is 1. The van der Waals surface area contributed by atoms with Gasteiger partial charge in [0.25, 0.3) is 5.91 Å². The summed E-state index contributed by atoms with van der Waals surface area (Å²) in [4.78, 5) is 27.0. The van der Waals surface area contributed by atoms with Gasteiger partial charge >= 0.3 is 0 Å². The zero-order chi connectivity index (χ0) is 27.8. The van der Waals surface area contributed by atoms with Crippen LogP contribution < -0.4 is 10.9 Å². The molecule has 0 aliphatic rings. The van der Waals surface area contributed by atoms with E-state index in [0.29, 0.717) is 27.9 Å². The summed E-state index contributed by atoms with van der Waals surface area (Å²) in [6.45, 7) is 3.53. The highest BCUT2D eigenvalue weighted by Gasteiger charge is 2.18. The van der Waals surface area contributed by atoms with E-state index in [0.717, 1.165) is 20.8 Å². The number of fused-ring (bicyclic) bond motifs is 2. The molecule has 0 saturated heterocycles. The third kappa shape index (κ3) is 4.88. The molecule has 3 heterocycles. The van der Waals surface area contributed by atoms with Crippen LogP contribution in [0.2, 0.25) is 0 Å². The molecular weight excluding hydrogens is 527 g/mol. The van der Waals surface area contributed by atoms with E-state index in [-0.39, 0.29) is 23.4 Å². The zero-order valence-corrected chi connectivity index (χ0v) is 22.4. The number of carbonyl (C=O) groups is 1. The largest absolute Gasteiger partial charge is 0.436 e. The van der Waals surface area contributed by atoms with Gasteiger partial charge in [-0.05, 0) is 74.0 Å². The van der Waals surface area contributed by atoms with Crippen molar-refractivity contribution in [3.05, 3.63) is 113 Å². The van der Waals surface area contributed by atoms with Crippen LogP contribution in [0.4, 0.5) is 15.8 Å². The number of nitrogens with one attached hydrogen (secondary N) is 1. The van der Waals surface area contributed by atoms with Gasteiger partial charge in [-0.25, -0.2) is 14.4 Å². The van der Waals surface area contributed by atoms with Crippen LogP contribution in [0.25, 0.3) is 31.8 Å². The predicted molar refractivity (Wildman–Crippen MR) is 154 cm³/mol. The minimum atomic E-state index is -0.603. The van der Waals surface area contributed by atoms with Gasteiger partial charge < -0.3 is 14.8 Å². The van der Waals surface area contributed by atoms with Crippen molar-refractivity contribution >= 4 is 49.8 Å². The molecule has 0 fully saturated rings. The Labute approximate surface area is 232 Å². The normalized spacial score (nSPS) is 11.8. The van der Waals surface area contributed by atoms with Gasteiger partial charge in [0.05, 0.1) is 33.9 Å². The molecule has 0 radical (unpaired) electrons. The maximum absolute atomic E-state index is 14.3. The molecule has 0 atom stereocenters. The number of nitrogens with zero attached hydrogens (tertiary/aromatic N) is 3. The Balaban J connectivity index is 1.44. The second-order valence-electron chi connectivity index (χ2n) is 9.32. The Hall–Kier alpha value is -4.73. The highest BCUT2D eigenvalue weighted by molar-refractivity contribution is 7.21. The van der Waals surface area contributed by atoms with E-state index in [2.05, 4.69) is 28.3 Å². The van der Waals surface area contributed by atoms with Crippen molar-refractivity contribution in [1.29, 1.82) is 0 Å². The molecule has 0 bridgehead atoms. The van der Waals surface area contributed by atoms with Gasteiger partial charge in [-0.3, -0.25) is 9.78 Å². The van der Waals surface area contributed by atoms with Crippen molar-refractivity contribution in [3.63, 3.8) is 0 Å². The SMILES string of the molecule is Cc1ccc2nc(-c3ccc(N=c4oc5c(C)ncc(CO)c5cc4C(=O)Nc4ccccc4F)cc3)sc2c1. The van der Waals surface area contributed by atoms with Crippen LogP contribution in [-0.4, -0.2) is 21.0 Å². The van der Waals surface area contributed by atoms with E-state index in [1.165, 1.54) is 23.9 Å². The smallest absolute Gasteiger partial charge is 0.261 e. The fourth-order valence-electron chi connectivity index (χ4n) is 4.36. The van der Waals surface area contributed by atoms with Crippen LogP contribution in [0.5, 0.6) is 0 Å². The third-order valence-electron chi connectivity index (χ3n) is 6.48. The van der Waals surface area contributed by atoms with E-state index in [9.17, 15) is 14.3 Å². The molecule has 0 aliphatic carbocycles. The molecule has 6 aromatic rings. The Bertz CT molecular complexity index is 1980. The third-order valence-corrected chi connectivity index (χ3v) is 7.54. The number of hydrogen-bond donors (Lipinski definition) is 2. The van der Waals surface area contributed by atoms with E-state index < -0.39 is 11.7 Å². The molecule has 0 saturated carbocycles. The van der Waals surface area contributed by atoms with Crippen LogP contribution in [0, 0.1) is 19.7 Å². The minimum absolute atomic E-state index is 0.0298. The zero-order valence-electron chi connectivity index (χ0n) is 21.6. The lowest BCUT2D eigenvalue weighted by molar-refractivity contribution is 0.102. The maximum Gasteiger partial charge on any atom is 0.261 e. The first-order chi connectivity index (χ1) is 19.4. The summed E-state index contributed by atoms with van der Waals surface area (Å²) < 4.78 is 21.5. The summed E-state index contributed by atoms with van der Waals surface area (Å²) >= 11 is 1.62. The molecule has 0 unspecified atom stereocenters. The fourth-order valence-corrected chi connectivity index (χ4v) is 5.43. The number of halogens is 1. The number of aliphatic hydroxyl groups excluding tert-OH is 1. The Morgan fingerprint density at radius 3 is 2.65 bits per heavy atom. The van der Waals surface area contributed by atoms with Crippen molar-refractivity contribution < 1.29 is 18.7 Å². The predicted octanol–water partition coefficient (Wildman–Crippen LogP) is 6.84. The van der Waals surface area contributed by atoms with E-state index in [1.807, 2.05) is 36.4 Å². The molecule has 0 spiro atoms. The van der Waals surface area contributed by atoms with Crippen LogP contribution >= 0.6 is 11.3 Å². The van der Waals surface area contributed by atoms with Gasteiger partial charge in [-0.2, -0.15) is 0 Å². The number of anilines is 1. The first kappa shape index (κ1) is 25.5. The average molecular weight is 551 g/mol. The Kier molecular flexibility index (Phi) is 6.67. The number of rotatable bonds is 5. The molecule has 198 valence electrons. The number of benzene rings is 3. The van der Waals surface area contributed by atoms with Crippen LogP contribution in [0.3, 0.4) is 0 Å². The summed E-state index contributed by atoms with van der Waals surface area (Å²) in [5.74, 6) is -1.17. The number of thiazole rings is 1. The molecule has 3 aromatic carbocycles. The van der Waals surface area contributed by atoms with Crippen molar-refractivity contribution in [1.82, 2.24) is 9.97 Å². The first-order valence-electron chi connectivity index (χ1n) is 12.5. The Morgan fingerprint density at radius 1 is 1.07 bits per heavy atom. The monoisotopic (exact) mass is 550 g/mol. The van der Waals surface area contributed by atoms with Gasteiger partial charge in [0.2, 0.25) is 5.55 Å². The molecule has 1 amide bonds. The van der Waals surface area contributed by atoms with Crippen LogP contribution in [0.1, 0.15) is 27.2 Å². The summed E-state index contributed by atoms with van der Waals surface area (Å²) in [6, 6.07) is 21.1. The molecule has 7 nitrogen and oxygen atoms in total. The highest BCUT2D eigenvalue weighted by atomic mass is 32.1. The van der Waals surface area contributed by atoms with Gasteiger partial charge in [0.15, 0.2) is 5.58 Å². The summed E-state index contributed by atoms with van der Waals surface area (Å²) in [6.07, 6.45) is 1.53. The molecule has 6 rings (SSSR count). The lowest BCUT2D eigenvalue weighted by Gasteiger charge is -2.10. The minimum Gasteiger partial charge on any atom is -0.436 e. The molecule has 0 aliphatic heterocycles. The van der Waals surface area contributed by atoms with Crippen molar-refractivity contribution in [2.75, 3.05) is 5.32 Å². The van der Waals surface area contributed by atoms with Crippen molar-refractivity contribution in [3.8, 4) is 10.6 Å². The highest BCUT2D eigenvalue weighted by Crippen LogP contribution is 2.31. The number of hydrogen-bond acceptors (Lipinski definition) is 7. The van der Waals surface area contributed by atoms with E-state index >= 15 is 0 Å². The van der Waals surface area contributed by atoms with Crippen molar-refractivity contribution in [2.24, 2.45) is 4.99 Å². The number of amides is 1. The van der Waals surface area contributed by atoms with Gasteiger partial charge in [-0.15, -0.1) is 11.3 Å². The molecule has 40 heavy (non-hydrogen) atoms. The number of aromatic nitrogens is 2. The fraction of sp³-hybridized carbons (Fsp3) is 0.0968. The van der Waals surface area contributed by atoms with E-state index in [4.69, 9.17) is 9.40 Å². The summed E-state index contributed by atoms with van der Waals surface area (Å²) in [5.41, 5.74) is 5.24. The maximum atomic E-state index is 14.3. The standard InChI is InChI=1S/C31H23FN4O3S/c1-17-7-12-26-27(13-17)40-31(36-26)19-8-10-21(11-9-19)34-30-23(29(38)35-25-6-4-3-5-24(25)32)14-22-20(16-37)15-33-18(2)28(22)39-30/h3-15,37H,16H2,1-2H3,(H,35,38). The van der Waals surface area contributed by atoms with Gasteiger partial charge in [-0.1, -0.05) is 18.2 Å². The van der Waals surface area contributed by atoms with Crippen LogP contribution in [0.15, 0.2) is 88.4 Å². The van der Waals surface area contributed by atoms with Crippen LogP contribution in [-0.2, 0) is 6.61 Å². The molecular formula is C31H23FN4O3S. The van der Waals surface area contributed by atoms with Crippen molar-refractivity contribution in [2.45, 2.75) is 20.5 Å².